The highest BCUT2D eigenvalue weighted by Crippen LogP contribution is 2.18. The normalized spacial score (nSPS) is 10.5. The van der Waals surface area contributed by atoms with Crippen LogP contribution in [0.1, 0.15) is 5.56 Å². The summed E-state index contributed by atoms with van der Waals surface area (Å²) in [6, 6.07) is 14.6. The Balaban J connectivity index is 1.73. The highest BCUT2D eigenvalue weighted by molar-refractivity contribution is 6.32. The van der Waals surface area contributed by atoms with Crippen molar-refractivity contribution in [2.75, 3.05) is 20.3 Å². The first kappa shape index (κ1) is 16.9. The van der Waals surface area contributed by atoms with Gasteiger partial charge in [-0.3, -0.25) is 4.79 Å². The SMILES string of the molecule is COc1cccc(OCCNC(=O)/C=C/c2ccccc2Cl)c1. The van der Waals surface area contributed by atoms with Crippen molar-refractivity contribution in [1.29, 1.82) is 0 Å². The van der Waals surface area contributed by atoms with Gasteiger partial charge in [0.25, 0.3) is 0 Å². The van der Waals surface area contributed by atoms with Crippen LogP contribution in [0.25, 0.3) is 6.08 Å². The van der Waals surface area contributed by atoms with Crippen molar-refractivity contribution in [3.8, 4) is 11.5 Å². The van der Waals surface area contributed by atoms with Crippen molar-refractivity contribution < 1.29 is 14.3 Å². The first-order valence-electron chi connectivity index (χ1n) is 7.16. The lowest BCUT2D eigenvalue weighted by Crippen LogP contribution is -2.26. The summed E-state index contributed by atoms with van der Waals surface area (Å²) in [5, 5.41) is 3.36. The summed E-state index contributed by atoms with van der Waals surface area (Å²) >= 11 is 6.01. The van der Waals surface area contributed by atoms with Crippen LogP contribution in [0.15, 0.2) is 54.6 Å². The van der Waals surface area contributed by atoms with E-state index in [-0.39, 0.29) is 5.91 Å². The van der Waals surface area contributed by atoms with E-state index in [2.05, 4.69) is 5.32 Å². The minimum Gasteiger partial charge on any atom is -0.497 e. The molecule has 5 heteroatoms. The molecule has 2 rings (SSSR count). The molecular formula is C18H18ClNO3. The Bertz CT molecular complexity index is 685. The Morgan fingerprint density at radius 3 is 2.74 bits per heavy atom. The number of rotatable bonds is 7. The average Bonchev–Trinajstić information content (AvgIpc) is 2.58. The summed E-state index contributed by atoms with van der Waals surface area (Å²) in [6.45, 7) is 0.780. The summed E-state index contributed by atoms with van der Waals surface area (Å²) in [6.07, 6.45) is 3.13. The lowest BCUT2D eigenvalue weighted by atomic mass is 10.2. The Hall–Kier alpha value is -2.46. The van der Waals surface area contributed by atoms with Crippen LogP contribution < -0.4 is 14.8 Å². The van der Waals surface area contributed by atoms with Crippen LogP contribution in [0.2, 0.25) is 5.02 Å². The van der Waals surface area contributed by atoms with Crippen LogP contribution in [0, 0.1) is 0 Å². The lowest BCUT2D eigenvalue weighted by Gasteiger charge is -2.08. The maximum atomic E-state index is 11.7. The van der Waals surface area contributed by atoms with Gasteiger partial charge in [-0.25, -0.2) is 0 Å². The van der Waals surface area contributed by atoms with Gasteiger partial charge in [0.05, 0.1) is 13.7 Å². The van der Waals surface area contributed by atoms with Crippen molar-refractivity contribution in [1.82, 2.24) is 5.32 Å². The highest BCUT2D eigenvalue weighted by Gasteiger charge is 1.99. The second kappa shape index (κ2) is 8.86. The van der Waals surface area contributed by atoms with Gasteiger partial charge in [-0.15, -0.1) is 0 Å². The van der Waals surface area contributed by atoms with Crippen molar-refractivity contribution >= 4 is 23.6 Å². The fourth-order valence-corrected chi connectivity index (χ4v) is 2.07. The minimum atomic E-state index is -0.195. The van der Waals surface area contributed by atoms with E-state index in [1.807, 2.05) is 36.4 Å². The van der Waals surface area contributed by atoms with E-state index in [4.69, 9.17) is 21.1 Å². The molecule has 0 fully saturated rings. The summed E-state index contributed by atoms with van der Waals surface area (Å²) in [5.74, 6) is 1.23. The standard InChI is InChI=1S/C18H18ClNO3/c1-22-15-6-4-7-16(13-15)23-12-11-20-18(21)10-9-14-5-2-3-8-17(14)19/h2-10,13H,11-12H2,1H3,(H,20,21)/b10-9+. The lowest BCUT2D eigenvalue weighted by molar-refractivity contribution is -0.116. The number of methoxy groups -OCH3 is 1. The van der Waals surface area contributed by atoms with Gasteiger partial charge in [0.15, 0.2) is 0 Å². The third-order valence-corrected chi connectivity index (χ3v) is 3.37. The van der Waals surface area contributed by atoms with Gasteiger partial charge in [0.2, 0.25) is 5.91 Å². The second-order valence-corrected chi connectivity index (χ2v) is 5.08. The van der Waals surface area contributed by atoms with Gasteiger partial charge in [-0.2, -0.15) is 0 Å². The molecule has 0 aromatic heterocycles. The summed E-state index contributed by atoms with van der Waals surface area (Å²) in [5.41, 5.74) is 0.803. The number of carbonyl (C=O) groups is 1. The van der Waals surface area contributed by atoms with Gasteiger partial charge in [0, 0.05) is 17.2 Å². The molecular weight excluding hydrogens is 314 g/mol. The number of hydrogen-bond acceptors (Lipinski definition) is 3. The Kier molecular flexibility index (Phi) is 6.51. The molecule has 4 nitrogen and oxygen atoms in total. The minimum absolute atomic E-state index is 0.195. The monoisotopic (exact) mass is 331 g/mol. The third kappa shape index (κ3) is 5.68. The van der Waals surface area contributed by atoms with E-state index in [9.17, 15) is 4.79 Å². The van der Waals surface area contributed by atoms with E-state index in [1.54, 1.807) is 25.3 Å². The fourth-order valence-electron chi connectivity index (χ4n) is 1.87. The largest absolute Gasteiger partial charge is 0.497 e. The molecule has 0 saturated heterocycles. The van der Waals surface area contributed by atoms with E-state index >= 15 is 0 Å². The molecule has 0 aliphatic carbocycles. The Morgan fingerprint density at radius 2 is 1.96 bits per heavy atom. The first-order chi connectivity index (χ1) is 11.2. The number of nitrogens with one attached hydrogen (secondary N) is 1. The number of ether oxygens (including phenoxy) is 2. The van der Waals surface area contributed by atoms with E-state index < -0.39 is 0 Å². The molecule has 0 saturated carbocycles. The average molecular weight is 332 g/mol. The molecule has 120 valence electrons. The third-order valence-electron chi connectivity index (χ3n) is 3.03. The fraction of sp³-hybridized carbons (Fsp3) is 0.167. The van der Waals surface area contributed by atoms with Crippen LogP contribution in [-0.2, 0) is 4.79 Å². The Morgan fingerprint density at radius 1 is 1.17 bits per heavy atom. The van der Waals surface area contributed by atoms with E-state index in [0.717, 1.165) is 11.3 Å². The predicted molar refractivity (Wildman–Crippen MR) is 92.0 cm³/mol. The molecule has 0 spiro atoms. The van der Waals surface area contributed by atoms with Crippen molar-refractivity contribution in [2.24, 2.45) is 0 Å². The number of amides is 1. The Labute approximate surface area is 140 Å². The first-order valence-corrected chi connectivity index (χ1v) is 7.54. The number of hydrogen-bond donors (Lipinski definition) is 1. The molecule has 2 aromatic carbocycles. The van der Waals surface area contributed by atoms with Crippen LogP contribution in [0.4, 0.5) is 0 Å². The molecule has 0 heterocycles. The predicted octanol–water partition coefficient (Wildman–Crippen LogP) is 3.56. The van der Waals surface area contributed by atoms with Crippen molar-refractivity contribution in [3.05, 3.63) is 65.2 Å². The molecule has 0 aliphatic rings. The molecule has 0 atom stereocenters. The molecule has 1 amide bonds. The molecule has 0 bridgehead atoms. The molecule has 23 heavy (non-hydrogen) atoms. The maximum Gasteiger partial charge on any atom is 0.244 e. The van der Waals surface area contributed by atoms with Gasteiger partial charge < -0.3 is 14.8 Å². The van der Waals surface area contributed by atoms with Crippen LogP contribution >= 0.6 is 11.6 Å². The summed E-state index contributed by atoms with van der Waals surface area (Å²) in [4.78, 5) is 11.7. The summed E-state index contributed by atoms with van der Waals surface area (Å²) in [7, 11) is 1.60. The number of halogens is 1. The van der Waals surface area contributed by atoms with Gasteiger partial charge in [-0.1, -0.05) is 35.9 Å². The van der Waals surface area contributed by atoms with Crippen LogP contribution in [-0.4, -0.2) is 26.2 Å². The summed E-state index contributed by atoms with van der Waals surface area (Å²) < 4.78 is 10.7. The van der Waals surface area contributed by atoms with Crippen LogP contribution in [0.5, 0.6) is 11.5 Å². The molecule has 0 radical (unpaired) electrons. The molecule has 0 unspecified atom stereocenters. The zero-order valence-corrected chi connectivity index (χ0v) is 13.5. The van der Waals surface area contributed by atoms with Crippen molar-refractivity contribution in [2.45, 2.75) is 0 Å². The highest BCUT2D eigenvalue weighted by atomic mass is 35.5. The molecule has 1 N–H and O–H groups in total. The quantitative estimate of drug-likeness (QED) is 0.623. The van der Waals surface area contributed by atoms with E-state index in [0.29, 0.717) is 23.9 Å². The zero-order valence-electron chi connectivity index (χ0n) is 12.8. The van der Waals surface area contributed by atoms with Gasteiger partial charge >= 0.3 is 0 Å². The van der Waals surface area contributed by atoms with Gasteiger partial charge in [-0.05, 0) is 29.8 Å². The van der Waals surface area contributed by atoms with Crippen molar-refractivity contribution in [3.63, 3.8) is 0 Å². The van der Waals surface area contributed by atoms with E-state index in [1.165, 1.54) is 6.08 Å². The number of carbonyl (C=O) groups excluding carboxylic acids is 1. The molecule has 0 aliphatic heterocycles. The maximum absolute atomic E-state index is 11.7. The van der Waals surface area contributed by atoms with Crippen LogP contribution in [0.3, 0.4) is 0 Å². The van der Waals surface area contributed by atoms with Gasteiger partial charge in [0.1, 0.15) is 18.1 Å². The number of benzene rings is 2. The topological polar surface area (TPSA) is 47.6 Å². The molecule has 2 aromatic rings. The zero-order chi connectivity index (χ0) is 16.5. The smallest absolute Gasteiger partial charge is 0.244 e. The second-order valence-electron chi connectivity index (χ2n) is 4.67.